The number of carbonyl (C=O) groups is 1. The number of likely N-dealkylation sites (tertiary alicyclic amines) is 1. The number of hydrogen-bond donors (Lipinski definition) is 0. The number of rotatable bonds is 6. The summed E-state index contributed by atoms with van der Waals surface area (Å²) in [5.41, 5.74) is 2.28. The fourth-order valence-corrected chi connectivity index (χ4v) is 4.80. The maximum Gasteiger partial charge on any atom is 0.293 e. The second-order valence-electron chi connectivity index (χ2n) is 8.45. The van der Waals surface area contributed by atoms with Crippen LogP contribution in [-0.2, 0) is 0 Å². The van der Waals surface area contributed by atoms with Gasteiger partial charge in [0.15, 0.2) is 0 Å². The molecule has 0 spiro atoms. The Morgan fingerprint density at radius 2 is 1.73 bits per heavy atom. The highest BCUT2D eigenvalue weighted by molar-refractivity contribution is 5.91. The highest BCUT2D eigenvalue weighted by Gasteiger charge is 2.38. The number of carbonyl (C=O) groups excluding carboxylic acids is 1. The Morgan fingerprint density at radius 1 is 1.03 bits per heavy atom. The zero-order valence-corrected chi connectivity index (χ0v) is 17.4. The van der Waals surface area contributed by atoms with Crippen molar-refractivity contribution in [3.05, 3.63) is 77.9 Å². The van der Waals surface area contributed by atoms with Gasteiger partial charge in [0.2, 0.25) is 5.82 Å². The molecular formula is C25H28N4O. The number of para-hydroxylation sites is 1. The molecule has 3 aromatic rings. The van der Waals surface area contributed by atoms with Gasteiger partial charge < -0.3 is 4.90 Å². The normalized spacial score (nSPS) is 19.8. The summed E-state index contributed by atoms with van der Waals surface area (Å²) in [4.78, 5) is 20.3. The first-order valence-corrected chi connectivity index (χ1v) is 11.1. The van der Waals surface area contributed by atoms with Crippen LogP contribution in [0.2, 0.25) is 0 Å². The standard InChI is InChI=1S/C25H28N4O/c1-2-21(18-10-5-3-6-11-18)22-14-9-17-28(22)25(30)23-26-24(19-15-16-19)29(27-23)20-12-7-4-8-13-20/h3-8,10-13,19,21-22H,2,9,14-17H2,1H3. The highest BCUT2D eigenvalue weighted by atomic mass is 16.2. The first kappa shape index (κ1) is 19.0. The molecule has 1 aliphatic heterocycles. The van der Waals surface area contributed by atoms with Crippen LogP contribution < -0.4 is 0 Å². The maximum atomic E-state index is 13.5. The van der Waals surface area contributed by atoms with E-state index >= 15 is 0 Å². The lowest BCUT2D eigenvalue weighted by molar-refractivity contribution is 0.0702. The van der Waals surface area contributed by atoms with E-state index in [1.807, 2.05) is 46.0 Å². The summed E-state index contributed by atoms with van der Waals surface area (Å²) in [6, 6.07) is 20.8. The lowest BCUT2D eigenvalue weighted by atomic mass is 9.87. The van der Waals surface area contributed by atoms with E-state index in [0.29, 0.717) is 17.7 Å². The Hall–Kier alpha value is -2.95. The van der Waals surface area contributed by atoms with Gasteiger partial charge in [0, 0.05) is 24.4 Å². The van der Waals surface area contributed by atoms with Crippen molar-refractivity contribution < 1.29 is 4.79 Å². The molecule has 2 aliphatic rings. The smallest absolute Gasteiger partial charge is 0.293 e. The fraction of sp³-hybridized carbons (Fsp3) is 0.400. The number of amides is 1. The summed E-state index contributed by atoms with van der Waals surface area (Å²) < 4.78 is 1.88. The lowest BCUT2D eigenvalue weighted by Gasteiger charge is -2.31. The summed E-state index contributed by atoms with van der Waals surface area (Å²) >= 11 is 0. The third-order valence-electron chi connectivity index (χ3n) is 6.46. The van der Waals surface area contributed by atoms with Crippen molar-refractivity contribution in [2.24, 2.45) is 0 Å². The number of aromatic nitrogens is 3. The zero-order chi connectivity index (χ0) is 20.5. The Kier molecular flexibility index (Phi) is 5.11. The van der Waals surface area contributed by atoms with Crippen LogP contribution in [0.4, 0.5) is 0 Å². The third-order valence-corrected chi connectivity index (χ3v) is 6.46. The third kappa shape index (κ3) is 3.53. The van der Waals surface area contributed by atoms with Crippen molar-refractivity contribution in [3.63, 3.8) is 0 Å². The van der Waals surface area contributed by atoms with E-state index in [1.54, 1.807) is 0 Å². The minimum atomic E-state index is -0.0246. The van der Waals surface area contributed by atoms with Gasteiger partial charge in [0.05, 0.1) is 5.69 Å². The average Bonchev–Trinajstić information content (AvgIpc) is 3.36. The van der Waals surface area contributed by atoms with Crippen LogP contribution in [0.5, 0.6) is 0 Å². The Morgan fingerprint density at radius 3 is 2.40 bits per heavy atom. The number of benzene rings is 2. The highest BCUT2D eigenvalue weighted by Crippen LogP contribution is 2.40. The minimum Gasteiger partial charge on any atom is -0.332 e. The molecule has 2 fully saturated rings. The van der Waals surface area contributed by atoms with Gasteiger partial charge in [-0.3, -0.25) is 4.79 Å². The molecule has 2 aromatic carbocycles. The van der Waals surface area contributed by atoms with Crippen molar-refractivity contribution >= 4 is 5.91 Å². The van der Waals surface area contributed by atoms with Gasteiger partial charge in [-0.05, 0) is 49.8 Å². The van der Waals surface area contributed by atoms with Crippen LogP contribution in [0.25, 0.3) is 5.69 Å². The molecule has 30 heavy (non-hydrogen) atoms. The Bertz CT molecular complexity index is 1010. The van der Waals surface area contributed by atoms with Gasteiger partial charge in [-0.25, -0.2) is 9.67 Å². The van der Waals surface area contributed by atoms with Crippen molar-refractivity contribution in [1.29, 1.82) is 0 Å². The number of nitrogens with zero attached hydrogens (tertiary/aromatic N) is 4. The van der Waals surface area contributed by atoms with E-state index in [1.165, 1.54) is 5.56 Å². The quantitative estimate of drug-likeness (QED) is 0.589. The lowest BCUT2D eigenvalue weighted by Crippen LogP contribution is -2.39. The van der Waals surface area contributed by atoms with Crippen LogP contribution in [0, 0.1) is 0 Å². The Balaban J connectivity index is 1.45. The van der Waals surface area contributed by atoms with E-state index in [4.69, 9.17) is 10.1 Å². The summed E-state index contributed by atoms with van der Waals surface area (Å²) in [7, 11) is 0. The van der Waals surface area contributed by atoms with Gasteiger partial charge >= 0.3 is 0 Å². The Labute approximate surface area is 177 Å². The van der Waals surface area contributed by atoms with Gasteiger partial charge in [-0.15, -0.1) is 5.10 Å². The molecule has 1 amide bonds. The van der Waals surface area contributed by atoms with E-state index in [-0.39, 0.29) is 11.9 Å². The SMILES string of the molecule is CCC(c1ccccc1)C1CCCN1C(=O)c1nc(C2CC2)n(-c2ccccc2)n1. The molecule has 5 heteroatoms. The van der Waals surface area contributed by atoms with Crippen LogP contribution >= 0.6 is 0 Å². The molecule has 5 nitrogen and oxygen atoms in total. The van der Waals surface area contributed by atoms with Gasteiger partial charge in [0.1, 0.15) is 5.82 Å². The molecule has 1 saturated heterocycles. The molecule has 5 rings (SSSR count). The zero-order valence-electron chi connectivity index (χ0n) is 17.4. The van der Waals surface area contributed by atoms with Crippen LogP contribution in [0.1, 0.15) is 72.9 Å². The van der Waals surface area contributed by atoms with E-state index in [2.05, 4.69) is 31.2 Å². The maximum absolute atomic E-state index is 13.5. The van der Waals surface area contributed by atoms with Crippen molar-refractivity contribution in [2.45, 2.75) is 56.9 Å². The first-order valence-electron chi connectivity index (χ1n) is 11.1. The van der Waals surface area contributed by atoms with Crippen molar-refractivity contribution in [1.82, 2.24) is 19.7 Å². The average molecular weight is 401 g/mol. The molecule has 2 atom stereocenters. The van der Waals surface area contributed by atoms with Crippen molar-refractivity contribution in [3.8, 4) is 5.69 Å². The summed E-state index contributed by atoms with van der Waals surface area (Å²) in [5, 5.41) is 4.69. The fourth-order valence-electron chi connectivity index (χ4n) is 4.80. The molecule has 2 unspecified atom stereocenters. The van der Waals surface area contributed by atoms with Crippen LogP contribution in [0.15, 0.2) is 60.7 Å². The predicted molar refractivity (Wildman–Crippen MR) is 117 cm³/mol. The molecule has 154 valence electrons. The van der Waals surface area contributed by atoms with E-state index in [9.17, 15) is 4.79 Å². The molecule has 0 N–H and O–H groups in total. The molecule has 2 heterocycles. The van der Waals surface area contributed by atoms with E-state index in [0.717, 1.165) is 50.2 Å². The van der Waals surface area contributed by atoms with Crippen molar-refractivity contribution in [2.75, 3.05) is 6.54 Å². The second-order valence-corrected chi connectivity index (χ2v) is 8.45. The monoisotopic (exact) mass is 400 g/mol. The van der Waals surface area contributed by atoms with E-state index < -0.39 is 0 Å². The number of hydrogen-bond acceptors (Lipinski definition) is 3. The van der Waals surface area contributed by atoms with Gasteiger partial charge in [-0.1, -0.05) is 55.5 Å². The summed E-state index contributed by atoms with van der Waals surface area (Å²) in [6.45, 7) is 3.00. The molecule has 1 saturated carbocycles. The molecular weight excluding hydrogens is 372 g/mol. The largest absolute Gasteiger partial charge is 0.332 e. The summed E-state index contributed by atoms with van der Waals surface area (Å²) in [5.74, 6) is 2.01. The molecule has 0 bridgehead atoms. The minimum absolute atomic E-state index is 0.0246. The topological polar surface area (TPSA) is 51.0 Å². The second kappa shape index (κ2) is 8.05. The van der Waals surface area contributed by atoms with Crippen LogP contribution in [-0.4, -0.2) is 38.2 Å². The predicted octanol–water partition coefficient (Wildman–Crippen LogP) is 4.94. The molecule has 1 aliphatic carbocycles. The van der Waals surface area contributed by atoms with Gasteiger partial charge in [-0.2, -0.15) is 0 Å². The molecule has 1 aromatic heterocycles. The first-order chi connectivity index (χ1) is 14.8. The van der Waals surface area contributed by atoms with Crippen LogP contribution in [0.3, 0.4) is 0 Å². The van der Waals surface area contributed by atoms with Gasteiger partial charge in [0.25, 0.3) is 5.91 Å². The summed E-state index contributed by atoms with van der Waals surface area (Å²) in [6.07, 6.45) is 5.33. The molecule has 0 radical (unpaired) electrons.